The summed E-state index contributed by atoms with van der Waals surface area (Å²) in [7, 11) is 0. The van der Waals surface area contributed by atoms with Gasteiger partial charge in [0.15, 0.2) is 0 Å². The predicted octanol–water partition coefficient (Wildman–Crippen LogP) is 3.81. The molecule has 2 unspecified atom stereocenters. The van der Waals surface area contributed by atoms with Crippen LogP contribution in [0.3, 0.4) is 0 Å². The van der Waals surface area contributed by atoms with Crippen molar-refractivity contribution in [2.45, 2.75) is 90.8 Å². The molecule has 0 aliphatic carbocycles. The summed E-state index contributed by atoms with van der Waals surface area (Å²) in [4.78, 5) is 2.75. The van der Waals surface area contributed by atoms with Crippen molar-refractivity contribution in [2.24, 2.45) is 0 Å². The Kier molecular flexibility index (Phi) is 6.65. The molecule has 0 aromatic carbocycles. The average Bonchev–Trinajstić information content (AvgIpc) is 2.40. The Morgan fingerprint density at radius 2 is 1.89 bits per heavy atom. The van der Waals surface area contributed by atoms with Crippen LogP contribution in [0.1, 0.15) is 73.1 Å². The van der Waals surface area contributed by atoms with Crippen molar-refractivity contribution in [3.63, 3.8) is 0 Å². The minimum absolute atomic E-state index is 0.367. The number of nitrogens with one attached hydrogen (secondary N) is 1. The van der Waals surface area contributed by atoms with Gasteiger partial charge in [-0.05, 0) is 33.1 Å². The standard InChI is InChI=1S/C16H34N2/c1-6-9-10-11-14(4)18-13-16(7-2,8-3)17-12-15(18)5/h14-15,17H,6-13H2,1-5H3. The normalized spacial score (nSPS) is 26.2. The SMILES string of the molecule is CCCCCC(C)N1CC(CC)(CC)NCC1C. The Morgan fingerprint density at radius 3 is 2.44 bits per heavy atom. The first-order valence-electron chi connectivity index (χ1n) is 8.09. The second-order valence-corrected chi connectivity index (χ2v) is 6.23. The van der Waals surface area contributed by atoms with Crippen LogP contribution >= 0.6 is 0 Å². The minimum Gasteiger partial charge on any atom is -0.308 e. The number of piperazine rings is 1. The van der Waals surface area contributed by atoms with Crippen molar-refractivity contribution in [3.8, 4) is 0 Å². The lowest BCUT2D eigenvalue weighted by molar-refractivity contribution is 0.0463. The number of unbranched alkanes of at least 4 members (excludes halogenated alkanes) is 2. The lowest BCUT2D eigenvalue weighted by Gasteiger charge is -2.49. The van der Waals surface area contributed by atoms with Gasteiger partial charge in [0.25, 0.3) is 0 Å². The molecule has 1 N–H and O–H groups in total. The van der Waals surface area contributed by atoms with Crippen LogP contribution in [-0.4, -0.2) is 35.6 Å². The van der Waals surface area contributed by atoms with E-state index >= 15 is 0 Å². The fourth-order valence-electron chi connectivity index (χ4n) is 3.21. The first-order chi connectivity index (χ1) is 8.58. The molecule has 1 aliphatic rings. The molecule has 0 saturated carbocycles. The molecule has 0 aromatic heterocycles. The van der Waals surface area contributed by atoms with Crippen LogP contribution in [0.25, 0.3) is 0 Å². The van der Waals surface area contributed by atoms with Gasteiger partial charge in [0, 0.05) is 30.7 Å². The molecule has 2 nitrogen and oxygen atoms in total. The van der Waals surface area contributed by atoms with Crippen molar-refractivity contribution in [1.29, 1.82) is 0 Å². The van der Waals surface area contributed by atoms with Gasteiger partial charge in [0.05, 0.1) is 0 Å². The molecule has 1 saturated heterocycles. The van der Waals surface area contributed by atoms with Crippen molar-refractivity contribution < 1.29 is 0 Å². The maximum absolute atomic E-state index is 3.79. The van der Waals surface area contributed by atoms with E-state index in [1.54, 1.807) is 0 Å². The largest absolute Gasteiger partial charge is 0.308 e. The van der Waals surface area contributed by atoms with Gasteiger partial charge in [-0.25, -0.2) is 0 Å². The smallest absolute Gasteiger partial charge is 0.0304 e. The Labute approximate surface area is 115 Å². The molecular weight excluding hydrogens is 220 g/mol. The van der Waals surface area contributed by atoms with E-state index < -0.39 is 0 Å². The van der Waals surface area contributed by atoms with Gasteiger partial charge >= 0.3 is 0 Å². The molecule has 18 heavy (non-hydrogen) atoms. The lowest BCUT2D eigenvalue weighted by Crippen LogP contribution is -2.64. The van der Waals surface area contributed by atoms with E-state index in [9.17, 15) is 0 Å². The van der Waals surface area contributed by atoms with Crippen LogP contribution in [-0.2, 0) is 0 Å². The van der Waals surface area contributed by atoms with Gasteiger partial charge < -0.3 is 5.32 Å². The fourth-order valence-corrected chi connectivity index (χ4v) is 3.21. The highest BCUT2D eigenvalue weighted by Crippen LogP contribution is 2.25. The molecule has 1 rings (SSSR count). The molecular formula is C16H34N2. The monoisotopic (exact) mass is 254 g/mol. The van der Waals surface area contributed by atoms with E-state index in [1.165, 1.54) is 45.1 Å². The van der Waals surface area contributed by atoms with Crippen molar-refractivity contribution in [3.05, 3.63) is 0 Å². The van der Waals surface area contributed by atoms with Gasteiger partial charge in [-0.3, -0.25) is 4.90 Å². The third kappa shape index (κ3) is 3.96. The van der Waals surface area contributed by atoms with Crippen LogP contribution in [0.2, 0.25) is 0 Å². The summed E-state index contributed by atoms with van der Waals surface area (Å²) in [5, 5.41) is 3.79. The van der Waals surface area contributed by atoms with E-state index in [0.717, 1.165) is 12.6 Å². The van der Waals surface area contributed by atoms with E-state index in [1.807, 2.05) is 0 Å². The molecule has 2 atom stereocenters. The Balaban J connectivity index is 2.55. The van der Waals surface area contributed by atoms with Gasteiger partial charge in [-0.15, -0.1) is 0 Å². The molecule has 0 spiro atoms. The summed E-state index contributed by atoms with van der Waals surface area (Å²) in [5.74, 6) is 0. The maximum atomic E-state index is 3.79. The minimum atomic E-state index is 0.367. The molecule has 1 heterocycles. The first kappa shape index (κ1) is 16.0. The van der Waals surface area contributed by atoms with Gasteiger partial charge in [-0.1, -0.05) is 40.0 Å². The van der Waals surface area contributed by atoms with E-state index in [4.69, 9.17) is 0 Å². The van der Waals surface area contributed by atoms with Crippen LogP contribution in [0.4, 0.5) is 0 Å². The highest BCUT2D eigenvalue weighted by molar-refractivity contribution is 4.96. The number of hydrogen-bond donors (Lipinski definition) is 1. The van der Waals surface area contributed by atoms with Crippen molar-refractivity contribution in [1.82, 2.24) is 10.2 Å². The zero-order valence-corrected chi connectivity index (χ0v) is 13.3. The van der Waals surface area contributed by atoms with Gasteiger partial charge in [-0.2, -0.15) is 0 Å². The third-order valence-electron chi connectivity index (χ3n) is 4.97. The van der Waals surface area contributed by atoms with Crippen molar-refractivity contribution >= 4 is 0 Å². The lowest BCUT2D eigenvalue weighted by atomic mass is 9.87. The second kappa shape index (κ2) is 7.49. The molecule has 0 bridgehead atoms. The zero-order chi connectivity index (χ0) is 13.6. The topological polar surface area (TPSA) is 15.3 Å². The summed E-state index contributed by atoms with van der Waals surface area (Å²) < 4.78 is 0. The summed E-state index contributed by atoms with van der Waals surface area (Å²) >= 11 is 0. The summed E-state index contributed by atoms with van der Waals surface area (Å²) in [6, 6.07) is 1.43. The predicted molar refractivity (Wildman–Crippen MR) is 81.1 cm³/mol. The fraction of sp³-hybridized carbons (Fsp3) is 1.00. The second-order valence-electron chi connectivity index (χ2n) is 6.23. The highest BCUT2D eigenvalue weighted by atomic mass is 15.3. The summed E-state index contributed by atoms with van der Waals surface area (Å²) in [6.45, 7) is 14.1. The van der Waals surface area contributed by atoms with E-state index in [-0.39, 0.29) is 0 Å². The van der Waals surface area contributed by atoms with Gasteiger partial charge in [0.1, 0.15) is 0 Å². The molecule has 0 aromatic rings. The summed E-state index contributed by atoms with van der Waals surface area (Å²) in [6.07, 6.45) is 7.96. The summed E-state index contributed by atoms with van der Waals surface area (Å²) in [5.41, 5.74) is 0.367. The number of rotatable bonds is 7. The van der Waals surface area contributed by atoms with Crippen LogP contribution in [0, 0.1) is 0 Å². The number of hydrogen-bond acceptors (Lipinski definition) is 2. The van der Waals surface area contributed by atoms with Crippen LogP contribution in [0.5, 0.6) is 0 Å². The average molecular weight is 254 g/mol. The van der Waals surface area contributed by atoms with Crippen molar-refractivity contribution in [2.75, 3.05) is 13.1 Å². The van der Waals surface area contributed by atoms with E-state index in [0.29, 0.717) is 11.6 Å². The van der Waals surface area contributed by atoms with Crippen LogP contribution in [0.15, 0.2) is 0 Å². The van der Waals surface area contributed by atoms with E-state index in [2.05, 4.69) is 44.8 Å². The molecule has 2 heteroatoms. The third-order valence-corrected chi connectivity index (χ3v) is 4.97. The zero-order valence-electron chi connectivity index (χ0n) is 13.3. The van der Waals surface area contributed by atoms with Gasteiger partial charge in [0.2, 0.25) is 0 Å². The highest BCUT2D eigenvalue weighted by Gasteiger charge is 2.36. The Morgan fingerprint density at radius 1 is 1.22 bits per heavy atom. The first-order valence-corrected chi connectivity index (χ1v) is 8.09. The molecule has 0 amide bonds. The quantitative estimate of drug-likeness (QED) is 0.695. The maximum Gasteiger partial charge on any atom is 0.0304 e. The Bertz CT molecular complexity index is 223. The molecule has 0 radical (unpaired) electrons. The molecule has 108 valence electrons. The molecule has 1 aliphatic heterocycles. The number of nitrogens with zero attached hydrogens (tertiary/aromatic N) is 1. The Hall–Kier alpha value is -0.0800. The van der Waals surface area contributed by atoms with Crippen LogP contribution < -0.4 is 5.32 Å². The molecule has 1 fully saturated rings.